The summed E-state index contributed by atoms with van der Waals surface area (Å²) in [6.07, 6.45) is 3.28. The van der Waals surface area contributed by atoms with Gasteiger partial charge in [-0.3, -0.25) is 4.79 Å². The Bertz CT molecular complexity index is 1080. The van der Waals surface area contributed by atoms with Crippen LogP contribution in [0.25, 0.3) is 5.69 Å². The number of hydrogen-bond donors (Lipinski definition) is 1. The maximum absolute atomic E-state index is 13.9. The Balaban J connectivity index is 1.87. The molecule has 1 heterocycles. The molecule has 0 radical (unpaired) electrons. The highest BCUT2D eigenvalue weighted by Gasteiger charge is 2.21. The zero-order chi connectivity index (χ0) is 19.4. The molecule has 140 valence electrons. The fraction of sp³-hybridized carbons (Fsp3) is 0.158. The summed E-state index contributed by atoms with van der Waals surface area (Å²) in [5, 5.41) is 6.65. The van der Waals surface area contributed by atoms with Crippen LogP contribution in [0.15, 0.2) is 65.8 Å². The van der Waals surface area contributed by atoms with E-state index in [2.05, 4.69) is 10.4 Å². The number of benzene rings is 2. The number of carbonyl (C=O) groups is 1. The lowest BCUT2D eigenvalue weighted by Crippen LogP contribution is -2.17. The minimum absolute atomic E-state index is 0.00848. The first kappa shape index (κ1) is 18.8. The van der Waals surface area contributed by atoms with Gasteiger partial charge >= 0.3 is 0 Å². The van der Waals surface area contributed by atoms with E-state index in [1.54, 1.807) is 37.3 Å². The second-order valence-corrected chi connectivity index (χ2v) is 7.97. The summed E-state index contributed by atoms with van der Waals surface area (Å²) in [7, 11) is -3.55. The third-order valence-electron chi connectivity index (χ3n) is 3.88. The molecule has 6 nitrogen and oxygen atoms in total. The van der Waals surface area contributed by atoms with Crippen molar-refractivity contribution in [3.63, 3.8) is 0 Å². The maximum Gasteiger partial charge on any atom is 0.257 e. The van der Waals surface area contributed by atoms with E-state index in [1.807, 2.05) is 0 Å². The fourth-order valence-corrected chi connectivity index (χ4v) is 4.20. The van der Waals surface area contributed by atoms with Crippen molar-refractivity contribution < 1.29 is 17.6 Å². The molecule has 0 aliphatic heterocycles. The van der Waals surface area contributed by atoms with Crippen molar-refractivity contribution in [2.24, 2.45) is 0 Å². The third kappa shape index (κ3) is 4.06. The second-order valence-electron chi connectivity index (χ2n) is 5.89. The van der Waals surface area contributed by atoms with Gasteiger partial charge in [0.15, 0.2) is 9.84 Å². The molecule has 27 heavy (non-hydrogen) atoms. The monoisotopic (exact) mass is 387 g/mol. The molecule has 1 aromatic heterocycles. The number of nitrogens with zero attached hydrogens (tertiary/aromatic N) is 2. The van der Waals surface area contributed by atoms with Gasteiger partial charge in [0, 0.05) is 0 Å². The molecule has 0 saturated heterocycles. The first-order chi connectivity index (χ1) is 12.9. The van der Waals surface area contributed by atoms with Crippen LogP contribution in [0.2, 0.25) is 0 Å². The van der Waals surface area contributed by atoms with Gasteiger partial charge in [-0.1, -0.05) is 31.2 Å². The highest BCUT2D eigenvalue weighted by atomic mass is 32.2. The number of amides is 1. The molecule has 0 unspecified atom stereocenters. The van der Waals surface area contributed by atoms with Gasteiger partial charge in [-0.05, 0) is 30.7 Å². The van der Waals surface area contributed by atoms with Crippen molar-refractivity contribution in [1.29, 1.82) is 0 Å². The summed E-state index contributed by atoms with van der Waals surface area (Å²) in [6.45, 7) is 1.76. The van der Waals surface area contributed by atoms with Crippen molar-refractivity contribution in [3.8, 4) is 5.69 Å². The number of hydrogen-bond acceptors (Lipinski definition) is 4. The van der Waals surface area contributed by atoms with Crippen molar-refractivity contribution in [2.75, 3.05) is 11.1 Å². The van der Waals surface area contributed by atoms with Crippen LogP contribution in [0.1, 0.15) is 23.7 Å². The Morgan fingerprint density at radius 2 is 1.85 bits per heavy atom. The van der Waals surface area contributed by atoms with E-state index >= 15 is 0 Å². The Hall–Kier alpha value is -3.00. The number of para-hydroxylation sites is 1. The van der Waals surface area contributed by atoms with Crippen molar-refractivity contribution >= 4 is 21.4 Å². The predicted octanol–water partition coefficient (Wildman–Crippen LogP) is 3.45. The van der Waals surface area contributed by atoms with Gasteiger partial charge in [-0.15, -0.1) is 0 Å². The summed E-state index contributed by atoms with van der Waals surface area (Å²) < 4.78 is 39.9. The minimum atomic E-state index is -3.55. The topological polar surface area (TPSA) is 81.1 Å². The molecule has 1 amide bonds. The Kier molecular flexibility index (Phi) is 5.36. The number of carbonyl (C=O) groups excluding carboxylic acids is 1. The number of sulfone groups is 1. The molecule has 8 heteroatoms. The number of nitrogens with one attached hydrogen (secondary N) is 1. The lowest BCUT2D eigenvalue weighted by atomic mass is 10.2. The van der Waals surface area contributed by atoms with Crippen LogP contribution in [-0.4, -0.2) is 29.9 Å². The summed E-state index contributed by atoms with van der Waals surface area (Å²) in [4.78, 5) is 12.6. The molecule has 3 rings (SSSR count). The molecule has 0 aliphatic carbocycles. The molecular formula is C19H18FN3O3S. The number of rotatable bonds is 6. The first-order valence-electron chi connectivity index (χ1n) is 8.35. The fourth-order valence-electron chi connectivity index (χ4n) is 2.66. The van der Waals surface area contributed by atoms with Crippen molar-refractivity contribution in [3.05, 3.63) is 72.3 Å². The Morgan fingerprint density at radius 1 is 1.15 bits per heavy atom. The second kappa shape index (κ2) is 7.71. The zero-order valence-electron chi connectivity index (χ0n) is 14.6. The summed E-state index contributed by atoms with van der Waals surface area (Å²) in [5.74, 6) is -1.06. The van der Waals surface area contributed by atoms with Gasteiger partial charge in [-0.25, -0.2) is 17.5 Å². The van der Waals surface area contributed by atoms with Gasteiger partial charge in [0.05, 0.1) is 34.3 Å². The van der Waals surface area contributed by atoms with Crippen molar-refractivity contribution in [2.45, 2.75) is 18.2 Å². The van der Waals surface area contributed by atoms with E-state index in [9.17, 15) is 17.6 Å². The van der Waals surface area contributed by atoms with Crippen LogP contribution >= 0.6 is 0 Å². The molecule has 1 N–H and O–H groups in total. The molecule has 0 bridgehead atoms. The number of halogens is 1. The van der Waals surface area contributed by atoms with Crippen LogP contribution in [0.4, 0.5) is 10.1 Å². The van der Waals surface area contributed by atoms with Crippen LogP contribution < -0.4 is 5.32 Å². The van der Waals surface area contributed by atoms with E-state index in [0.717, 1.165) is 0 Å². The quantitative estimate of drug-likeness (QED) is 0.702. The van der Waals surface area contributed by atoms with Crippen LogP contribution in [0.5, 0.6) is 0 Å². The van der Waals surface area contributed by atoms with Gasteiger partial charge < -0.3 is 5.32 Å². The van der Waals surface area contributed by atoms with Gasteiger partial charge in [0.2, 0.25) is 0 Å². The van der Waals surface area contributed by atoms with E-state index in [4.69, 9.17) is 0 Å². The molecular weight excluding hydrogens is 369 g/mol. The Labute approximate surface area is 156 Å². The minimum Gasteiger partial charge on any atom is -0.319 e. The largest absolute Gasteiger partial charge is 0.319 e. The SMILES string of the molecule is CCCS(=O)(=O)c1ccccc1C(=O)Nc1cnn(-c2ccccc2F)c1. The average molecular weight is 387 g/mol. The summed E-state index contributed by atoms with van der Waals surface area (Å²) in [6, 6.07) is 12.2. The molecule has 0 saturated carbocycles. The number of aromatic nitrogens is 2. The standard InChI is InChI=1S/C19H18FN3O3S/c1-2-11-27(25,26)18-10-6-3-7-15(18)19(24)22-14-12-21-23(13-14)17-9-5-4-8-16(17)20/h3-10,12-13H,2,11H2,1H3,(H,22,24). The van der Waals surface area contributed by atoms with Gasteiger partial charge in [-0.2, -0.15) is 5.10 Å². The van der Waals surface area contributed by atoms with E-state index < -0.39 is 21.6 Å². The normalized spacial score (nSPS) is 11.3. The molecule has 3 aromatic rings. The highest BCUT2D eigenvalue weighted by molar-refractivity contribution is 7.91. The number of anilines is 1. The molecule has 0 spiro atoms. The van der Waals surface area contributed by atoms with Crippen LogP contribution in [0.3, 0.4) is 0 Å². The van der Waals surface area contributed by atoms with Gasteiger partial charge in [0.1, 0.15) is 11.5 Å². The average Bonchev–Trinajstić information content (AvgIpc) is 3.10. The highest BCUT2D eigenvalue weighted by Crippen LogP contribution is 2.20. The molecule has 0 aliphatic rings. The third-order valence-corrected chi connectivity index (χ3v) is 5.85. The summed E-state index contributed by atoms with van der Waals surface area (Å²) in [5.41, 5.74) is 0.624. The van der Waals surface area contributed by atoms with Crippen LogP contribution in [-0.2, 0) is 9.84 Å². The molecule has 0 fully saturated rings. The smallest absolute Gasteiger partial charge is 0.257 e. The van der Waals surface area contributed by atoms with Gasteiger partial charge in [0.25, 0.3) is 5.91 Å². The first-order valence-corrected chi connectivity index (χ1v) is 10.0. The Morgan fingerprint density at radius 3 is 2.59 bits per heavy atom. The predicted molar refractivity (Wildman–Crippen MR) is 100 cm³/mol. The lowest BCUT2D eigenvalue weighted by Gasteiger charge is -2.09. The van der Waals surface area contributed by atoms with E-state index in [0.29, 0.717) is 12.1 Å². The molecule has 2 aromatic carbocycles. The van der Waals surface area contributed by atoms with E-state index in [1.165, 1.54) is 35.3 Å². The maximum atomic E-state index is 13.9. The zero-order valence-corrected chi connectivity index (χ0v) is 15.4. The lowest BCUT2D eigenvalue weighted by molar-refractivity contribution is 0.102. The van der Waals surface area contributed by atoms with Crippen molar-refractivity contribution in [1.82, 2.24) is 9.78 Å². The van der Waals surface area contributed by atoms with Crippen LogP contribution in [0, 0.1) is 5.82 Å². The summed E-state index contributed by atoms with van der Waals surface area (Å²) >= 11 is 0. The molecule has 0 atom stereocenters. The van der Waals surface area contributed by atoms with E-state index in [-0.39, 0.29) is 21.9 Å².